The average molecular weight is 265 g/mol. The summed E-state index contributed by atoms with van der Waals surface area (Å²) in [6, 6.07) is 5.25. The standard InChI is InChI=1S/C16H24FNO/c1-3-12-5-4-6-13(8-7-12)18-16-11-14(19-2)9-10-15(16)17/h9-13,18H,3-8H2,1-2H3. The third kappa shape index (κ3) is 3.85. The fraction of sp³-hybridized carbons (Fsp3) is 0.625. The van der Waals surface area contributed by atoms with Gasteiger partial charge in [-0.25, -0.2) is 4.39 Å². The van der Waals surface area contributed by atoms with E-state index in [0.717, 1.165) is 18.8 Å². The molecule has 1 saturated carbocycles. The first kappa shape index (κ1) is 14.2. The van der Waals surface area contributed by atoms with Crippen LogP contribution < -0.4 is 10.1 Å². The van der Waals surface area contributed by atoms with Crippen LogP contribution in [0.5, 0.6) is 5.75 Å². The Morgan fingerprint density at radius 1 is 1.26 bits per heavy atom. The van der Waals surface area contributed by atoms with E-state index in [2.05, 4.69) is 12.2 Å². The van der Waals surface area contributed by atoms with E-state index in [1.54, 1.807) is 19.2 Å². The largest absolute Gasteiger partial charge is 0.497 e. The van der Waals surface area contributed by atoms with Crippen molar-refractivity contribution in [1.29, 1.82) is 0 Å². The fourth-order valence-corrected chi connectivity index (χ4v) is 2.89. The van der Waals surface area contributed by atoms with Gasteiger partial charge in [0.25, 0.3) is 0 Å². The number of rotatable bonds is 4. The summed E-state index contributed by atoms with van der Waals surface area (Å²) in [4.78, 5) is 0. The molecule has 0 spiro atoms. The maximum absolute atomic E-state index is 13.8. The van der Waals surface area contributed by atoms with E-state index in [-0.39, 0.29) is 5.82 Å². The number of hydrogen-bond donors (Lipinski definition) is 1. The second-order valence-electron chi connectivity index (χ2n) is 5.47. The Labute approximate surface area is 115 Å². The van der Waals surface area contributed by atoms with Crippen LogP contribution in [0.1, 0.15) is 45.4 Å². The van der Waals surface area contributed by atoms with Gasteiger partial charge in [0.1, 0.15) is 11.6 Å². The van der Waals surface area contributed by atoms with Gasteiger partial charge in [0, 0.05) is 12.1 Å². The molecule has 2 rings (SSSR count). The lowest BCUT2D eigenvalue weighted by Gasteiger charge is -2.19. The molecule has 1 aliphatic rings. The second kappa shape index (κ2) is 6.78. The lowest BCUT2D eigenvalue weighted by molar-refractivity contribution is 0.414. The zero-order valence-corrected chi connectivity index (χ0v) is 11.9. The van der Waals surface area contributed by atoms with E-state index >= 15 is 0 Å². The quantitative estimate of drug-likeness (QED) is 0.803. The predicted octanol–water partition coefficient (Wildman–Crippen LogP) is 4.61. The second-order valence-corrected chi connectivity index (χ2v) is 5.47. The molecule has 106 valence electrons. The third-order valence-electron chi connectivity index (χ3n) is 4.20. The number of anilines is 1. The van der Waals surface area contributed by atoms with Crippen LogP contribution in [-0.2, 0) is 0 Å². The van der Waals surface area contributed by atoms with Gasteiger partial charge in [0.05, 0.1) is 12.8 Å². The molecule has 1 aromatic rings. The van der Waals surface area contributed by atoms with Crippen molar-refractivity contribution in [2.45, 2.75) is 51.5 Å². The van der Waals surface area contributed by atoms with Crippen molar-refractivity contribution in [1.82, 2.24) is 0 Å². The highest BCUT2D eigenvalue weighted by atomic mass is 19.1. The molecule has 2 unspecified atom stereocenters. The van der Waals surface area contributed by atoms with Crippen LogP contribution in [0.4, 0.5) is 10.1 Å². The SMILES string of the molecule is CCC1CCCC(Nc2cc(OC)ccc2F)CC1. The summed E-state index contributed by atoms with van der Waals surface area (Å²) in [5, 5.41) is 3.35. The van der Waals surface area contributed by atoms with E-state index in [9.17, 15) is 4.39 Å². The van der Waals surface area contributed by atoms with Crippen molar-refractivity contribution in [2.24, 2.45) is 5.92 Å². The minimum absolute atomic E-state index is 0.197. The summed E-state index contributed by atoms with van der Waals surface area (Å²) in [6.45, 7) is 2.26. The molecule has 0 bridgehead atoms. The Morgan fingerprint density at radius 3 is 2.84 bits per heavy atom. The molecule has 1 fully saturated rings. The highest BCUT2D eigenvalue weighted by Gasteiger charge is 2.18. The van der Waals surface area contributed by atoms with Crippen LogP contribution in [0.25, 0.3) is 0 Å². The molecule has 0 amide bonds. The molecule has 19 heavy (non-hydrogen) atoms. The molecule has 1 aromatic carbocycles. The van der Waals surface area contributed by atoms with Crippen LogP contribution in [0.3, 0.4) is 0 Å². The third-order valence-corrected chi connectivity index (χ3v) is 4.20. The minimum atomic E-state index is -0.197. The molecule has 0 heterocycles. The van der Waals surface area contributed by atoms with E-state index in [1.165, 1.54) is 31.7 Å². The Morgan fingerprint density at radius 2 is 2.11 bits per heavy atom. The smallest absolute Gasteiger partial charge is 0.146 e. The molecular formula is C16H24FNO. The van der Waals surface area contributed by atoms with E-state index in [4.69, 9.17) is 4.74 Å². The zero-order chi connectivity index (χ0) is 13.7. The summed E-state index contributed by atoms with van der Waals surface area (Å²) < 4.78 is 18.9. The number of ether oxygens (including phenoxy) is 1. The summed E-state index contributed by atoms with van der Waals surface area (Å²) in [5.41, 5.74) is 0.569. The molecule has 2 atom stereocenters. The van der Waals surface area contributed by atoms with Gasteiger partial charge in [-0.15, -0.1) is 0 Å². The molecule has 0 aliphatic heterocycles. The van der Waals surface area contributed by atoms with E-state index in [0.29, 0.717) is 17.5 Å². The number of nitrogens with one attached hydrogen (secondary N) is 1. The molecule has 1 aliphatic carbocycles. The van der Waals surface area contributed by atoms with Gasteiger partial charge >= 0.3 is 0 Å². The average Bonchev–Trinajstić information content (AvgIpc) is 2.66. The van der Waals surface area contributed by atoms with Crippen molar-refractivity contribution >= 4 is 5.69 Å². The van der Waals surface area contributed by atoms with Crippen molar-refractivity contribution in [3.63, 3.8) is 0 Å². The first-order valence-electron chi connectivity index (χ1n) is 7.33. The number of halogens is 1. The summed E-state index contributed by atoms with van der Waals surface area (Å²) in [7, 11) is 1.61. The van der Waals surface area contributed by atoms with Gasteiger partial charge in [0.2, 0.25) is 0 Å². The Bertz CT molecular complexity index is 408. The molecular weight excluding hydrogens is 241 g/mol. The Kier molecular flexibility index (Phi) is 5.06. The number of methoxy groups -OCH3 is 1. The molecule has 0 radical (unpaired) electrons. The first-order chi connectivity index (χ1) is 9.22. The van der Waals surface area contributed by atoms with Gasteiger partial charge in [-0.1, -0.05) is 26.2 Å². The van der Waals surface area contributed by atoms with Crippen LogP contribution in [-0.4, -0.2) is 13.2 Å². The molecule has 0 aromatic heterocycles. The summed E-state index contributed by atoms with van der Waals surface area (Å²) >= 11 is 0. The molecule has 2 nitrogen and oxygen atoms in total. The molecule has 1 N–H and O–H groups in total. The summed E-state index contributed by atoms with van der Waals surface area (Å²) in [5.74, 6) is 1.35. The van der Waals surface area contributed by atoms with Crippen molar-refractivity contribution in [2.75, 3.05) is 12.4 Å². The number of hydrogen-bond acceptors (Lipinski definition) is 2. The molecule has 3 heteroatoms. The lowest BCUT2D eigenvalue weighted by atomic mass is 9.98. The van der Waals surface area contributed by atoms with Gasteiger partial charge in [-0.2, -0.15) is 0 Å². The maximum atomic E-state index is 13.8. The predicted molar refractivity (Wildman–Crippen MR) is 77.2 cm³/mol. The van der Waals surface area contributed by atoms with Gasteiger partial charge < -0.3 is 10.1 Å². The summed E-state index contributed by atoms with van der Waals surface area (Å²) in [6.07, 6.45) is 7.33. The van der Waals surface area contributed by atoms with Crippen LogP contribution >= 0.6 is 0 Å². The Balaban J connectivity index is 2.00. The van der Waals surface area contributed by atoms with Crippen molar-refractivity contribution < 1.29 is 9.13 Å². The monoisotopic (exact) mass is 265 g/mol. The maximum Gasteiger partial charge on any atom is 0.146 e. The van der Waals surface area contributed by atoms with E-state index < -0.39 is 0 Å². The Hall–Kier alpha value is -1.25. The van der Waals surface area contributed by atoms with Crippen molar-refractivity contribution in [3.05, 3.63) is 24.0 Å². The topological polar surface area (TPSA) is 21.3 Å². The highest BCUT2D eigenvalue weighted by Crippen LogP contribution is 2.29. The van der Waals surface area contributed by atoms with E-state index in [1.807, 2.05) is 0 Å². The zero-order valence-electron chi connectivity index (χ0n) is 11.9. The molecule has 0 saturated heterocycles. The van der Waals surface area contributed by atoms with Gasteiger partial charge in [-0.3, -0.25) is 0 Å². The van der Waals surface area contributed by atoms with Crippen LogP contribution in [0.15, 0.2) is 18.2 Å². The highest BCUT2D eigenvalue weighted by molar-refractivity contribution is 5.50. The van der Waals surface area contributed by atoms with Gasteiger partial charge in [0.15, 0.2) is 0 Å². The van der Waals surface area contributed by atoms with Gasteiger partial charge in [-0.05, 0) is 37.3 Å². The number of benzene rings is 1. The minimum Gasteiger partial charge on any atom is -0.497 e. The lowest BCUT2D eigenvalue weighted by Crippen LogP contribution is -2.19. The first-order valence-corrected chi connectivity index (χ1v) is 7.33. The van der Waals surface area contributed by atoms with Crippen LogP contribution in [0, 0.1) is 11.7 Å². The van der Waals surface area contributed by atoms with Crippen LogP contribution in [0.2, 0.25) is 0 Å². The normalized spacial score (nSPS) is 23.7. The fourth-order valence-electron chi connectivity index (χ4n) is 2.89. The van der Waals surface area contributed by atoms with Crippen molar-refractivity contribution in [3.8, 4) is 5.75 Å².